The molecule has 2 aliphatic rings. The summed E-state index contributed by atoms with van der Waals surface area (Å²) in [4.78, 5) is 25.8. The molecule has 1 fully saturated rings. The molecule has 0 radical (unpaired) electrons. The van der Waals surface area contributed by atoms with Gasteiger partial charge in [-0.15, -0.1) is 11.3 Å². The van der Waals surface area contributed by atoms with Gasteiger partial charge >= 0.3 is 5.97 Å². The summed E-state index contributed by atoms with van der Waals surface area (Å²) in [5.74, 6) is -1.02. The Morgan fingerprint density at radius 1 is 1.27 bits per heavy atom. The Kier molecular flexibility index (Phi) is 4.49. The molecule has 2 N–H and O–H groups in total. The van der Waals surface area contributed by atoms with Gasteiger partial charge in [-0.2, -0.15) is 0 Å². The van der Waals surface area contributed by atoms with Crippen LogP contribution in [0, 0.1) is 0 Å². The van der Waals surface area contributed by atoms with Crippen molar-refractivity contribution in [3.8, 4) is 0 Å². The number of amides is 1. The van der Waals surface area contributed by atoms with Crippen molar-refractivity contribution in [3.63, 3.8) is 0 Å². The maximum absolute atomic E-state index is 12.6. The van der Waals surface area contributed by atoms with Crippen molar-refractivity contribution in [3.05, 3.63) is 21.4 Å². The van der Waals surface area contributed by atoms with Crippen LogP contribution >= 0.6 is 11.3 Å². The highest BCUT2D eigenvalue weighted by Crippen LogP contribution is 2.31. The van der Waals surface area contributed by atoms with Gasteiger partial charge in [-0.3, -0.25) is 9.59 Å². The van der Waals surface area contributed by atoms with Crippen molar-refractivity contribution in [2.24, 2.45) is 0 Å². The summed E-state index contributed by atoms with van der Waals surface area (Å²) in [7, 11) is 0. The van der Waals surface area contributed by atoms with E-state index in [2.05, 4.69) is 5.32 Å². The number of rotatable bonds is 4. The standard InChI is InChI=1S/C16H21NO4S/c18-14(19)10-16(5-7-21-8-6-16)17-15(20)13-9-11-3-1-2-4-12(11)22-13/h9H,1-8,10H2,(H,17,20)(H,18,19). The molecule has 5 nitrogen and oxygen atoms in total. The normalized spacial score (nSPS) is 20.2. The van der Waals surface area contributed by atoms with Crippen molar-refractivity contribution < 1.29 is 19.4 Å². The van der Waals surface area contributed by atoms with Crippen LogP contribution in [0.4, 0.5) is 0 Å². The molecule has 1 aliphatic carbocycles. The lowest BCUT2D eigenvalue weighted by Crippen LogP contribution is -2.53. The van der Waals surface area contributed by atoms with Crippen LogP contribution in [0.3, 0.4) is 0 Å². The quantitative estimate of drug-likeness (QED) is 0.892. The molecule has 0 saturated carbocycles. The lowest BCUT2D eigenvalue weighted by Gasteiger charge is -2.36. The van der Waals surface area contributed by atoms with Gasteiger partial charge in [0.1, 0.15) is 0 Å². The SMILES string of the molecule is O=C(O)CC1(NC(=O)c2cc3c(s2)CCCC3)CCOCC1. The minimum atomic E-state index is -0.882. The van der Waals surface area contributed by atoms with Gasteiger partial charge in [-0.1, -0.05) is 0 Å². The third-order valence-corrected chi connectivity index (χ3v) is 5.77. The second kappa shape index (κ2) is 6.38. The van der Waals surface area contributed by atoms with Gasteiger partial charge in [-0.25, -0.2) is 0 Å². The molecule has 1 saturated heterocycles. The monoisotopic (exact) mass is 323 g/mol. The summed E-state index contributed by atoms with van der Waals surface area (Å²) in [5, 5.41) is 12.2. The first-order valence-electron chi connectivity index (χ1n) is 7.82. The molecular weight excluding hydrogens is 302 g/mol. The Morgan fingerprint density at radius 2 is 2.00 bits per heavy atom. The fourth-order valence-electron chi connectivity index (χ4n) is 3.30. The fraction of sp³-hybridized carbons (Fsp3) is 0.625. The van der Waals surface area contributed by atoms with Crippen LogP contribution in [0.1, 0.15) is 52.2 Å². The summed E-state index contributed by atoms with van der Waals surface area (Å²) < 4.78 is 5.32. The Bertz CT molecular complexity index is 551. The van der Waals surface area contributed by atoms with Gasteiger partial charge < -0.3 is 15.2 Å². The first-order chi connectivity index (χ1) is 10.6. The third-order valence-electron chi connectivity index (χ3n) is 4.54. The van der Waals surface area contributed by atoms with E-state index in [0.29, 0.717) is 30.9 Å². The number of aliphatic carboxylic acids is 1. The zero-order valence-electron chi connectivity index (χ0n) is 12.5. The molecule has 1 amide bonds. The largest absolute Gasteiger partial charge is 0.481 e. The highest BCUT2D eigenvalue weighted by atomic mass is 32.1. The van der Waals surface area contributed by atoms with Gasteiger partial charge in [0.2, 0.25) is 0 Å². The van der Waals surface area contributed by atoms with Gasteiger partial charge in [0.15, 0.2) is 0 Å². The molecule has 1 aromatic heterocycles. The zero-order valence-corrected chi connectivity index (χ0v) is 13.3. The summed E-state index contributed by atoms with van der Waals surface area (Å²) in [5.41, 5.74) is 0.617. The predicted octanol–water partition coefficient (Wildman–Crippen LogP) is 2.38. The van der Waals surface area contributed by atoms with Crippen molar-refractivity contribution in [2.45, 2.75) is 50.5 Å². The number of aryl methyl sites for hydroxylation is 2. The van der Waals surface area contributed by atoms with Crippen LogP contribution in [0.5, 0.6) is 0 Å². The maximum Gasteiger partial charge on any atom is 0.305 e. The molecule has 0 atom stereocenters. The van der Waals surface area contributed by atoms with Crippen molar-refractivity contribution in [1.82, 2.24) is 5.32 Å². The van der Waals surface area contributed by atoms with E-state index in [4.69, 9.17) is 9.84 Å². The second-order valence-corrected chi connectivity index (χ2v) is 7.32. The minimum absolute atomic E-state index is 0.0484. The molecule has 120 valence electrons. The number of fused-ring (bicyclic) bond motifs is 1. The summed E-state index contributed by atoms with van der Waals surface area (Å²) in [6, 6.07) is 1.99. The smallest absolute Gasteiger partial charge is 0.305 e. The van der Waals surface area contributed by atoms with E-state index in [0.717, 1.165) is 12.8 Å². The summed E-state index contributed by atoms with van der Waals surface area (Å²) in [6.45, 7) is 0.989. The predicted molar refractivity (Wildman–Crippen MR) is 83.5 cm³/mol. The van der Waals surface area contributed by atoms with Crippen LogP contribution in [-0.2, 0) is 22.4 Å². The Labute approximate surface area is 133 Å². The highest BCUT2D eigenvalue weighted by molar-refractivity contribution is 7.14. The number of carboxylic acid groups (broad SMARTS) is 1. The van der Waals surface area contributed by atoms with Gasteiger partial charge in [-0.05, 0) is 50.2 Å². The zero-order chi connectivity index (χ0) is 15.6. The van der Waals surface area contributed by atoms with E-state index in [1.165, 1.54) is 23.3 Å². The van der Waals surface area contributed by atoms with Crippen molar-refractivity contribution in [2.75, 3.05) is 13.2 Å². The van der Waals surface area contributed by atoms with Crippen molar-refractivity contribution >= 4 is 23.2 Å². The number of nitrogens with one attached hydrogen (secondary N) is 1. The van der Waals surface area contributed by atoms with Crippen LogP contribution < -0.4 is 5.32 Å². The number of carbonyl (C=O) groups excluding carboxylic acids is 1. The van der Waals surface area contributed by atoms with E-state index in [-0.39, 0.29) is 12.3 Å². The van der Waals surface area contributed by atoms with Crippen LogP contribution in [0.2, 0.25) is 0 Å². The van der Waals surface area contributed by atoms with Crippen LogP contribution in [0.25, 0.3) is 0 Å². The molecule has 22 heavy (non-hydrogen) atoms. The van der Waals surface area contributed by atoms with E-state index in [1.807, 2.05) is 6.07 Å². The number of carboxylic acids is 1. The van der Waals surface area contributed by atoms with E-state index < -0.39 is 11.5 Å². The van der Waals surface area contributed by atoms with Gasteiger partial charge in [0.05, 0.1) is 16.8 Å². The lowest BCUT2D eigenvalue weighted by atomic mass is 9.86. The highest BCUT2D eigenvalue weighted by Gasteiger charge is 2.37. The second-order valence-electron chi connectivity index (χ2n) is 6.18. The topological polar surface area (TPSA) is 75.6 Å². The van der Waals surface area contributed by atoms with E-state index >= 15 is 0 Å². The Balaban J connectivity index is 1.75. The molecule has 1 aliphatic heterocycles. The molecule has 2 heterocycles. The maximum atomic E-state index is 12.6. The molecule has 6 heteroatoms. The Hall–Kier alpha value is -1.40. The number of carbonyl (C=O) groups is 2. The van der Waals surface area contributed by atoms with Gasteiger partial charge in [0.25, 0.3) is 5.91 Å². The summed E-state index contributed by atoms with van der Waals surface area (Å²) in [6.07, 6.45) is 5.54. The third kappa shape index (κ3) is 3.33. The van der Waals surface area contributed by atoms with E-state index in [1.54, 1.807) is 11.3 Å². The molecular formula is C16H21NO4S. The number of thiophene rings is 1. The van der Waals surface area contributed by atoms with Crippen molar-refractivity contribution in [1.29, 1.82) is 0 Å². The van der Waals surface area contributed by atoms with Crippen LogP contribution in [-0.4, -0.2) is 35.7 Å². The minimum Gasteiger partial charge on any atom is -0.481 e. The molecule has 0 bridgehead atoms. The molecule has 1 aromatic rings. The molecule has 0 spiro atoms. The molecule has 0 aromatic carbocycles. The van der Waals surface area contributed by atoms with Crippen LogP contribution in [0.15, 0.2) is 6.07 Å². The van der Waals surface area contributed by atoms with Gasteiger partial charge in [0, 0.05) is 18.1 Å². The summed E-state index contributed by atoms with van der Waals surface area (Å²) >= 11 is 1.56. The molecule has 0 unspecified atom stereocenters. The number of hydrogen-bond acceptors (Lipinski definition) is 4. The van der Waals surface area contributed by atoms with E-state index in [9.17, 15) is 9.59 Å². The lowest BCUT2D eigenvalue weighted by molar-refractivity contribution is -0.139. The fourth-order valence-corrected chi connectivity index (χ4v) is 4.45. The first-order valence-corrected chi connectivity index (χ1v) is 8.63. The average molecular weight is 323 g/mol. The number of hydrogen-bond donors (Lipinski definition) is 2. The average Bonchev–Trinajstić information content (AvgIpc) is 2.91. The number of ether oxygens (including phenoxy) is 1. The Morgan fingerprint density at radius 3 is 2.68 bits per heavy atom. The molecule has 3 rings (SSSR count). The first kappa shape index (κ1) is 15.5.